The highest BCUT2D eigenvalue weighted by molar-refractivity contribution is 6.11. The molecule has 7 heteroatoms. The molecule has 2 aromatic carbocycles. The fraction of sp³-hybridized carbons (Fsp3) is 0.318. The number of rotatable bonds is 7. The van der Waals surface area contributed by atoms with E-state index >= 15 is 0 Å². The molecule has 152 valence electrons. The van der Waals surface area contributed by atoms with Crippen molar-refractivity contribution in [2.24, 2.45) is 0 Å². The molecule has 1 heterocycles. The fourth-order valence-corrected chi connectivity index (χ4v) is 3.38. The van der Waals surface area contributed by atoms with E-state index in [1.165, 1.54) is 6.92 Å². The Bertz CT molecular complexity index is 959. The van der Waals surface area contributed by atoms with Crippen molar-refractivity contribution in [3.8, 4) is 0 Å². The molecular formula is C22H22F2N2O3. The number of aryl methyl sites for hydroxylation is 1. The van der Waals surface area contributed by atoms with E-state index in [2.05, 4.69) is 12.2 Å². The van der Waals surface area contributed by atoms with Gasteiger partial charge in [-0.3, -0.25) is 14.5 Å². The molecule has 0 aliphatic carbocycles. The number of carbonyl (C=O) groups excluding carboxylic acids is 3. The summed E-state index contributed by atoms with van der Waals surface area (Å²) in [5, 5.41) is 2.38. The molecule has 0 spiro atoms. The average Bonchev–Trinajstić information content (AvgIpc) is 2.92. The highest BCUT2D eigenvalue weighted by Crippen LogP contribution is 2.31. The van der Waals surface area contributed by atoms with Gasteiger partial charge in [0.05, 0.1) is 6.54 Å². The zero-order valence-electron chi connectivity index (χ0n) is 16.3. The Hall–Kier alpha value is -3.09. The first-order valence-electron chi connectivity index (χ1n) is 9.48. The van der Waals surface area contributed by atoms with Crippen molar-refractivity contribution in [2.75, 3.05) is 6.54 Å². The molecule has 1 saturated heterocycles. The molecule has 1 N–H and O–H groups in total. The van der Waals surface area contributed by atoms with Gasteiger partial charge in [-0.1, -0.05) is 37.6 Å². The van der Waals surface area contributed by atoms with Gasteiger partial charge in [-0.2, -0.15) is 0 Å². The maximum Gasteiger partial charge on any atom is 0.325 e. The van der Waals surface area contributed by atoms with E-state index in [-0.39, 0.29) is 5.56 Å². The Morgan fingerprint density at radius 2 is 1.79 bits per heavy atom. The van der Waals surface area contributed by atoms with Gasteiger partial charge in [0.1, 0.15) is 17.2 Å². The molecule has 2 aromatic rings. The van der Waals surface area contributed by atoms with Gasteiger partial charge in [0.15, 0.2) is 5.78 Å². The van der Waals surface area contributed by atoms with Crippen LogP contribution >= 0.6 is 0 Å². The largest absolute Gasteiger partial charge is 0.325 e. The summed E-state index contributed by atoms with van der Waals surface area (Å²) in [5.41, 5.74) is -0.594. The molecule has 1 aliphatic heterocycles. The average molecular weight is 400 g/mol. The first kappa shape index (κ1) is 20.6. The lowest BCUT2D eigenvalue weighted by Gasteiger charge is -2.22. The molecule has 1 fully saturated rings. The zero-order valence-corrected chi connectivity index (χ0v) is 16.3. The third kappa shape index (κ3) is 4.04. The van der Waals surface area contributed by atoms with E-state index in [1.54, 1.807) is 12.1 Å². The topological polar surface area (TPSA) is 66.5 Å². The molecule has 0 saturated carbocycles. The summed E-state index contributed by atoms with van der Waals surface area (Å²) < 4.78 is 27.8. The lowest BCUT2D eigenvalue weighted by atomic mass is 9.91. The molecular weight excluding hydrogens is 378 g/mol. The van der Waals surface area contributed by atoms with Crippen LogP contribution in [0.4, 0.5) is 13.6 Å². The van der Waals surface area contributed by atoms with Gasteiger partial charge in [0.2, 0.25) is 0 Å². The number of Topliss-reactive ketones (excluding diaryl/α,β-unsaturated/α-hetero) is 1. The number of unbranched alkanes of at least 4 members (excludes halogenated alkanes) is 1. The number of urea groups is 1. The second kappa shape index (κ2) is 8.11. The molecule has 29 heavy (non-hydrogen) atoms. The summed E-state index contributed by atoms with van der Waals surface area (Å²) in [6.07, 6.45) is 3.03. The molecule has 0 bridgehead atoms. The van der Waals surface area contributed by atoms with Crippen molar-refractivity contribution in [3.63, 3.8) is 0 Å². The Balaban J connectivity index is 1.78. The van der Waals surface area contributed by atoms with Gasteiger partial charge in [-0.25, -0.2) is 13.6 Å². The molecule has 3 rings (SSSR count). The summed E-state index contributed by atoms with van der Waals surface area (Å²) >= 11 is 0. The Kier molecular flexibility index (Phi) is 5.77. The molecule has 0 unspecified atom stereocenters. The molecule has 3 amide bonds. The monoisotopic (exact) mass is 400 g/mol. The molecule has 0 aromatic heterocycles. The number of carbonyl (C=O) groups is 3. The second-order valence-electron chi connectivity index (χ2n) is 7.29. The first-order valence-corrected chi connectivity index (χ1v) is 9.48. The number of hydrogen-bond acceptors (Lipinski definition) is 3. The summed E-state index contributed by atoms with van der Waals surface area (Å²) in [5.74, 6) is -2.78. The quantitative estimate of drug-likeness (QED) is 0.565. The van der Waals surface area contributed by atoms with Crippen LogP contribution in [0.25, 0.3) is 0 Å². The maximum atomic E-state index is 14.2. The van der Waals surface area contributed by atoms with Gasteiger partial charge < -0.3 is 5.32 Å². The lowest BCUT2D eigenvalue weighted by molar-refractivity contribution is -0.130. The van der Waals surface area contributed by atoms with Crippen LogP contribution in [0.3, 0.4) is 0 Å². The van der Waals surface area contributed by atoms with Crippen LogP contribution in [0.2, 0.25) is 0 Å². The number of benzene rings is 2. The van der Waals surface area contributed by atoms with Crippen LogP contribution in [-0.2, 0) is 16.8 Å². The van der Waals surface area contributed by atoms with Crippen molar-refractivity contribution < 1.29 is 23.2 Å². The number of nitrogens with zero attached hydrogens (tertiary/aromatic N) is 1. The van der Waals surface area contributed by atoms with Gasteiger partial charge in [-0.15, -0.1) is 0 Å². The summed E-state index contributed by atoms with van der Waals surface area (Å²) in [7, 11) is 0. The minimum atomic E-state index is -1.78. The SMILES string of the molecule is CCCCc1ccc(C(=O)CN2C(=O)N[C@](C)(c3cc(F)ccc3F)C2=O)cc1. The maximum absolute atomic E-state index is 14.2. The van der Waals surface area contributed by atoms with E-state index < -0.39 is 41.4 Å². The van der Waals surface area contributed by atoms with E-state index in [1.807, 2.05) is 12.1 Å². The van der Waals surface area contributed by atoms with Gasteiger partial charge in [0, 0.05) is 11.1 Å². The summed E-state index contributed by atoms with van der Waals surface area (Å²) in [6.45, 7) is 2.91. The molecule has 5 nitrogen and oxygen atoms in total. The normalized spacial score (nSPS) is 18.8. The number of amides is 3. The third-order valence-electron chi connectivity index (χ3n) is 5.14. The Morgan fingerprint density at radius 3 is 2.45 bits per heavy atom. The van der Waals surface area contributed by atoms with Crippen molar-refractivity contribution in [3.05, 3.63) is 70.8 Å². The van der Waals surface area contributed by atoms with Crippen LogP contribution in [0, 0.1) is 11.6 Å². The highest BCUT2D eigenvalue weighted by atomic mass is 19.1. The number of ketones is 1. The van der Waals surface area contributed by atoms with Crippen LogP contribution in [0.5, 0.6) is 0 Å². The highest BCUT2D eigenvalue weighted by Gasteiger charge is 2.50. The minimum absolute atomic E-state index is 0.286. The fourth-order valence-electron chi connectivity index (χ4n) is 3.38. The van der Waals surface area contributed by atoms with Crippen molar-refractivity contribution in [2.45, 2.75) is 38.6 Å². The van der Waals surface area contributed by atoms with Crippen molar-refractivity contribution in [1.29, 1.82) is 0 Å². The van der Waals surface area contributed by atoms with Crippen molar-refractivity contribution in [1.82, 2.24) is 10.2 Å². The van der Waals surface area contributed by atoms with E-state index in [0.717, 1.165) is 47.9 Å². The standard InChI is InChI=1S/C22H22F2N2O3/c1-3-4-5-14-6-8-15(9-7-14)19(27)13-26-20(28)22(2,25-21(26)29)17-12-16(23)10-11-18(17)24/h6-12H,3-5,13H2,1-2H3,(H,25,29)/t22-/m1/s1. The summed E-state index contributed by atoms with van der Waals surface area (Å²) in [6, 6.07) is 8.89. The summed E-state index contributed by atoms with van der Waals surface area (Å²) in [4.78, 5) is 38.5. The zero-order chi connectivity index (χ0) is 21.2. The van der Waals surface area contributed by atoms with E-state index in [0.29, 0.717) is 5.56 Å². The second-order valence-corrected chi connectivity index (χ2v) is 7.29. The molecule has 1 atom stereocenters. The van der Waals surface area contributed by atoms with Crippen LogP contribution in [-0.4, -0.2) is 29.2 Å². The molecule has 1 aliphatic rings. The van der Waals surface area contributed by atoms with E-state index in [9.17, 15) is 23.2 Å². The number of nitrogens with one attached hydrogen (secondary N) is 1. The van der Waals surface area contributed by atoms with Crippen LogP contribution in [0.1, 0.15) is 48.2 Å². The predicted octanol–water partition coefficient (Wildman–Crippen LogP) is 3.96. The van der Waals surface area contributed by atoms with Crippen molar-refractivity contribution >= 4 is 17.7 Å². The van der Waals surface area contributed by atoms with E-state index in [4.69, 9.17) is 0 Å². The Labute approximate surface area is 167 Å². The third-order valence-corrected chi connectivity index (χ3v) is 5.14. The minimum Gasteiger partial charge on any atom is -0.319 e. The van der Waals surface area contributed by atoms with Gasteiger partial charge >= 0.3 is 6.03 Å². The van der Waals surface area contributed by atoms with Gasteiger partial charge in [0.25, 0.3) is 5.91 Å². The lowest BCUT2D eigenvalue weighted by Crippen LogP contribution is -2.42. The smallest absolute Gasteiger partial charge is 0.319 e. The first-order chi connectivity index (χ1) is 13.8. The number of halogens is 2. The predicted molar refractivity (Wildman–Crippen MR) is 103 cm³/mol. The number of imide groups is 1. The number of hydrogen-bond donors (Lipinski definition) is 1. The van der Waals surface area contributed by atoms with Crippen LogP contribution in [0.15, 0.2) is 42.5 Å². The Morgan fingerprint density at radius 1 is 1.10 bits per heavy atom. The molecule has 0 radical (unpaired) electrons. The van der Waals surface area contributed by atoms with Crippen LogP contribution < -0.4 is 5.32 Å². The van der Waals surface area contributed by atoms with Gasteiger partial charge in [-0.05, 0) is 43.5 Å².